The van der Waals surface area contributed by atoms with Crippen molar-refractivity contribution >= 4 is 35.8 Å². The van der Waals surface area contributed by atoms with Crippen molar-refractivity contribution in [3.05, 3.63) is 11.1 Å². The third-order valence-corrected chi connectivity index (χ3v) is 10.3. The zero-order valence-electron chi connectivity index (χ0n) is 27.9. The first-order chi connectivity index (χ1) is 21.1. The molecule has 14 nitrogen and oxygen atoms in total. The molecule has 4 rings (SSSR count). The van der Waals surface area contributed by atoms with Gasteiger partial charge in [0.1, 0.15) is 30.0 Å². The molecule has 1 aliphatic heterocycles. The van der Waals surface area contributed by atoms with Gasteiger partial charge in [-0.3, -0.25) is 28.8 Å². The van der Waals surface area contributed by atoms with E-state index in [4.69, 9.17) is 33.2 Å². The molecular formula is C32H44O14. The maximum Gasteiger partial charge on any atom is 0.303 e. The predicted octanol–water partition coefficient (Wildman–Crippen LogP) is 1.86. The first-order valence-electron chi connectivity index (χ1n) is 15.2. The fraction of sp³-hybridized carbons (Fsp3) is 0.750. The second kappa shape index (κ2) is 11.9. The van der Waals surface area contributed by atoms with Crippen LogP contribution in [0.5, 0.6) is 0 Å². The number of ether oxygens (including phenoxy) is 7. The highest BCUT2D eigenvalue weighted by Crippen LogP contribution is 2.66. The van der Waals surface area contributed by atoms with Crippen molar-refractivity contribution in [1.29, 1.82) is 0 Å². The molecule has 1 heterocycles. The second-order valence-electron chi connectivity index (χ2n) is 13.6. The number of carbonyl (C=O) groups excluding carboxylic acids is 6. The van der Waals surface area contributed by atoms with Crippen molar-refractivity contribution in [2.75, 3.05) is 6.61 Å². The Labute approximate surface area is 267 Å². The van der Waals surface area contributed by atoms with E-state index in [9.17, 15) is 33.9 Å². The predicted molar refractivity (Wildman–Crippen MR) is 154 cm³/mol. The lowest BCUT2D eigenvalue weighted by Gasteiger charge is -2.69. The quantitative estimate of drug-likeness (QED) is 0.249. The first kappa shape index (κ1) is 35.3. The maximum atomic E-state index is 13.1. The van der Waals surface area contributed by atoms with Gasteiger partial charge >= 0.3 is 35.8 Å². The Morgan fingerprint density at radius 2 is 1.26 bits per heavy atom. The Hall–Kier alpha value is -3.52. The van der Waals surface area contributed by atoms with Crippen molar-refractivity contribution < 1.29 is 67.0 Å². The summed E-state index contributed by atoms with van der Waals surface area (Å²) >= 11 is 0. The number of aliphatic hydroxyl groups is 1. The molecule has 14 heteroatoms. The van der Waals surface area contributed by atoms with Crippen LogP contribution in [-0.2, 0) is 61.9 Å². The molecule has 10 atom stereocenters. The minimum atomic E-state index is -2.12. The van der Waals surface area contributed by atoms with Gasteiger partial charge in [-0.15, -0.1) is 0 Å². The third-order valence-electron chi connectivity index (χ3n) is 10.3. The van der Waals surface area contributed by atoms with Gasteiger partial charge in [-0.05, 0) is 18.1 Å². The molecule has 3 fully saturated rings. The molecule has 0 spiro atoms. The van der Waals surface area contributed by atoms with E-state index in [1.807, 2.05) is 0 Å². The standard InChI is InChI=1S/C32H44O14/c1-14-21(41-15(2)33)12-32(39)28(45-19(6)37)26-30(10,22(42-16(3)34)11-23-31(26,13-40-23)46-20(7)38)27(44-18(5)36)25(43-17(4)35)24(14)29(32,8)9/h21-23,25-28,39H,11-13H2,1-10H3/t21?,22?,23?,25?,26-,27?,28?,30+,31-,32+/m0/s1. The van der Waals surface area contributed by atoms with Crippen LogP contribution in [0.3, 0.4) is 0 Å². The van der Waals surface area contributed by atoms with Gasteiger partial charge in [0, 0.05) is 59.8 Å². The van der Waals surface area contributed by atoms with Crippen molar-refractivity contribution in [2.24, 2.45) is 16.7 Å². The lowest BCUT2D eigenvalue weighted by atomic mass is 9.44. The van der Waals surface area contributed by atoms with Crippen molar-refractivity contribution in [3.63, 3.8) is 0 Å². The minimum Gasteiger partial charge on any atom is -0.462 e. The van der Waals surface area contributed by atoms with E-state index in [2.05, 4.69) is 0 Å². The summed E-state index contributed by atoms with van der Waals surface area (Å²) in [5.41, 5.74) is -6.19. The molecule has 4 aliphatic rings. The van der Waals surface area contributed by atoms with Crippen LogP contribution >= 0.6 is 0 Å². The summed E-state index contributed by atoms with van der Waals surface area (Å²) in [6.07, 6.45) is -8.02. The molecule has 3 aliphatic carbocycles. The van der Waals surface area contributed by atoms with Gasteiger partial charge in [-0.2, -0.15) is 0 Å². The van der Waals surface area contributed by atoms with E-state index in [-0.39, 0.29) is 25.0 Å². The third kappa shape index (κ3) is 5.46. The molecule has 256 valence electrons. The number of rotatable bonds is 6. The van der Waals surface area contributed by atoms with Crippen LogP contribution in [0.2, 0.25) is 0 Å². The van der Waals surface area contributed by atoms with Crippen LogP contribution in [0.1, 0.15) is 82.1 Å². The molecule has 1 saturated heterocycles. The van der Waals surface area contributed by atoms with E-state index in [1.165, 1.54) is 20.8 Å². The highest BCUT2D eigenvalue weighted by atomic mass is 16.6. The number of esters is 6. The van der Waals surface area contributed by atoms with Gasteiger partial charge in [0.25, 0.3) is 0 Å². The Kier molecular flexibility index (Phi) is 9.16. The maximum absolute atomic E-state index is 13.1. The lowest BCUT2D eigenvalue weighted by molar-refractivity contribution is -0.366. The average Bonchev–Trinajstić information content (AvgIpc) is 2.87. The van der Waals surface area contributed by atoms with Gasteiger partial charge in [-0.1, -0.05) is 20.8 Å². The molecule has 0 radical (unpaired) electrons. The molecule has 46 heavy (non-hydrogen) atoms. The molecule has 6 unspecified atom stereocenters. The molecule has 0 aromatic carbocycles. The van der Waals surface area contributed by atoms with E-state index in [0.717, 1.165) is 20.8 Å². The fourth-order valence-electron chi connectivity index (χ4n) is 8.58. The van der Waals surface area contributed by atoms with Crippen LogP contribution in [0.25, 0.3) is 0 Å². The minimum absolute atomic E-state index is 0.0485. The fourth-order valence-corrected chi connectivity index (χ4v) is 8.58. The topological polar surface area (TPSA) is 187 Å². The van der Waals surface area contributed by atoms with E-state index in [0.29, 0.717) is 5.57 Å². The molecule has 2 bridgehead atoms. The number of carbonyl (C=O) groups is 6. The van der Waals surface area contributed by atoms with Crippen LogP contribution in [-0.4, -0.2) is 95.4 Å². The van der Waals surface area contributed by atoms with E-state index < -0.39 is 100 Å². The Morgan fingerprint density at radius 1 is 0.739 bits per heavy atom. The zero-order valence-corrected chi connectivity index (χ0v) is 27.9. The van der Waals surface area contributed by atoms with Crippen molar-refractivity contribution in [2.45, 2.75) is 130 Å². The summed E-state index contributed by atoms with van der Waals surface area (Å²) in [5, 5.41) is 13.1. The Morgan fingerprint density at radius 3 is 1.72 bits per heavy atom. The van der Waals surface area contributed by atoms with Gasteiger partial charge in [0.05, 0.1) is 17.9 Å². The number of fused-ring (bicyclic) bond motifs is 5. The summed E-state index contributed by atoms with van der Waals surface area (Å²) in [6.45, 7) is 13.4. The van der Waals surface area contributed by atoms with E-state index >= 15 is 0 Å². The summed E-state index contributed by atoms with van der Waals surface area (Å²) in [4.78, 5) is 76.5. The summed E-state index contributed by atoms with van der Waals surface area (Å²) in [5.74, 6) is -5.77. The SMILES string of the molecule is CC(=O)OC1C[C@@]2(O)C(OC(C)=O)[C@H]3[C@@](C)(C(OC(C)=O)CC4OC[C@]43OC(C)=O)C(OC(C)=O)C(OC(C)=O)C(=C1C)C2(C)C. The number of hydrogen-bond donors (Lipinski definition) is 1. The zero-order chi connectivity index (χ0) is 34.7. The molecule has 2 saturated carbocycles. The van der Waals surface area contributed by atoms with Gasteiger partial charge in [-0.25, -0.2) is 0 Å². The van der Waals surface area contributed by atoms with Gasteiger partial charge in [0.2, 0.25) is 0 Å². The van der Waals surface area contributed by atoms with Crippen molar-refractivity contribution in [1.82, 2.24) is 0 Å². The van der Waals surface area contributed by atoms with E-state index in [1.54, 1.807) is 27.7 Å². The smallest absolute Gasteiger partial charge is 0.303 e. The van der Waals surface area contributed by atoms with Crippen molar-refractivity contribution in [3.8, 4) is 0 Å². The molecule has 0 aromatic rings. The summed E-state index contributed by atoms with van der Waals surface area (Å²) in [6, 6.07) is 0. The Balaban J connectivity index is 2.23. The highest BCUT2D eigenvalue weighted by molar-refractivity contribution is 5.70. The van der Waals surface area contributed by atoms with Crippen LogP contribution < -0.4 is 0 Å². The van der Waals surface area contributed by atoms with Crippen LogP contribution in [0, 0.1) is 16.7 Å². The average molecular weight is 653 g/mol. The van der Waals surface area contributed by atoms with Crippen LogP contribution in [0.15, 0.2) is 11.1 Å². The van der Waals surface area contributed by atoms with Gasteiger partial charge in [0.15, 0.2) is 17.8 Å². The normalized spacial score (nSPS) is 39.1. The Bertz CT molecular complexity index is 1370. The molecule has 0 amide bonds. The second-order valence-corrected chi connectivity index (χ2v) is 13.6. The monoisotopic (exact) mass is 652 g/mol. The lowest BCUT2D eigenvalue weighted by Crippen LogP contribution is -2.82. The number of hydrogen-bond acceptors (Lipinski definition) is 14. The highest BCUT2D eigenvalue weighted by Gasteiger charge is 2.79. The molecule has 0 aromatic heterocycles. The van der Waals surface area contributed by atoms with Gasteiger partial charge < -0.3 is 38.3 Å². The summed E-state index contributed by atoms with van der Waals surface area (Å²) in [7, 11) is 0. The first-order valence-corrected chi connectivity index (χ1v) is 15.2. The molecule has 1 N–H and O–H groups in total. The largest absolute Gasteiger partial charge is 0.462 e. The summed E-state index contributed by atoms with van der Waals surface area (Å²) < 4.78 is 41.6. The molecular weight excluding hydrogens is 608 g/mol. The van der Waals surface area contributed by atoms with Crippen LogP contribution in [0.4, 0.5) is 0 Å².